The molecule has 31 heavy (non-hydrogen) atoms. The van der Waals surface area contributed by atoms with E-state index in [0.29, 0.717) is 28.6 Å². The topological polar surface area (TPSA) is 186 Å². The smallest absolute Gasteiger partial charge is 0.326 e. The molecule has 0 aliphatic carbocycles. The van der Waals surface area contributed by atoms with Crippen LogP contribution >= 0.6 is 23.1 Å². The van der Waals surface area contributed by atoms with Gasteiger partial charge in [-0.2, -0.15) is 0 Å². The number of hydrogen-bond donors (Lipinski definition) is 7. The molecule has 0 fully saturated rings. The van der Waals surface area contributed by atoms with E-state index in [1.807, 2.05) is 6.07 Å². The molecule has 0 saturated heterocycles. The van der Waals surface area contributed by atoms with Gasteiger partial charge >= 0.3 is 11.9 Å². The number of aliphatic hydroxyl groups excluding tert-OH is 1. The van der Waals surface area contributed by atoms with E-state index in [-0.39, 0.29) is 24.1 Å². The van der Waals surface area contributed by atoms with E-state index in [1.54, 1.807) is 6.07 Å². The van der Waals surface area contributed by atoms with Gasteiger partial charge in [-0.05, 0) is 31.4 Å². The first kappa shape index (κ1) is 22.9. The molecule has 1 amide bonds. The van der Waals surface area contributed by atoms with Crippen LogP contribution in [-0.2, 0) is 16.0 Å². The number of nitrogens with one attached hydrogen (secondary N) is 3. The SMILES string of the molecule is NC1=NC(O)C2=C(NC[C@@H](CCc3ccc(C(=O)N[C@@H](CCC(=O)O)C(=O)O)s3)S2)N1. The highest BCUT2D eigenvalue weighted by Gasteiger charge is 2.29. The van der Waals surface area contributed by atoms with E-state index in [2.05, 4.69) is 20.9 Å². The maximum atomic E-state index is 12.4. The molecule has 2 aliphatic rings. The molecule has 8 N–H and O–H groups in total. The van der Waals surface area contributed by atoms with Gasteiger partial charge in [-0.25, -0.2) is 9.79 Å². The fourth-order valence-electron chi connectivity index (χ4n) is 3.08. The van der Waals surface area contributed by atoms with Gasteiger partial charge in [0, 0.05) is 23.1 Å². The first-order chi connectivity index (χ1) is 14.7. The molecule has 0 aromatic carbocycles. The maximum absolute atomic E-state index is 12.4. The number of nitrogens with two attached hydrogens (primary N) is 1. The van der Waals surface area contributed by atoms with Crippen molar-refractivity contribution in [1.82, 2.24) is 16.0 Å². The first-order valence-electron chi connectivity index (χ1n) is 9.50. The molecule has 3 atom stereocenters. The monoisotopic (exact) mass is 469 g/mol. The summed E-state index contributed by atoms with van der Waals surface area (Å²) >= 11 is 2.80. The molecule has 0 spiro atoms. The van der Waals surface area contributed by atoms with Gasteiger partial charge < -0.3 is 37.0 Å². The summed E-state index contributed by atoms with van der Waals surface area (Å²) in [5.41, 5.74) is 5.61. The number of carbonyl (C=O) groups is 3. The lowest BCUT2D eigenvalue weighted by Crippen LogP contribution is -2.46. The molecule has 3 rings (SSSR count). The van der Waals surface area contributed by atoms with E-state index in [0.717, 1.165) is 11.3 Å². The molecule has 2 aliphatic heterocycles. The molecular weight excluding hydrogens is 446 g/mol. The quantitative estimate of drug-likeness (QED) is 0.256. The van der Waals surface area contributed by atoms with E-state index >= 15 is 0 Å². The minimum absolute atomic E-state index is 0.162. The van der Waals surface area contributed by atoms with Gasteiger partial charge in [-0.1, -0.05) is 0 Å². The van der Waals surface area contributed by atoms with Crippen molar-refractivity contribution in [2.45, 2.75) is 43.2 Å². The Kier molecular flexibility index (Phi) is 7.41. The van der Waals surface area contributed by atoms with E-state index in [9.17, 15) is 24.6 Å². The number of aryl methyl sites for hydroxylation is 1. The third kappa shape index (κ3) is 6.12. The Balaban J connectivity index is 1.51. The highest BCUT2D eigenvalue weighted by Crippen LogP contribution is 2.34. The highest BCUT2D eigenvalue weighted by atomic mass is 32.2. The lowest BCUT2D eigenvalue weighted by Gasteiger charge is -2.32. The third-order valence-corrected chi connectivity index (χ3v) is 7.19. The van der Waals surface area contributed by atoms with Crippen LogP contribution in [0.4, 0.5) is 0 Å². The van der Waals surface area contributed by atoms with Crippen LogP contribution in [0, 0.1) is 0 Å². The van der Waals surface area contributed by atoms with Gasteiger partial charge in [0.15, 0.2) is 12.2 Å². The van der Waals surface area contributed by atoms with Crippen molar-refractivity contribution in [2.75, 3.05) is 6.54 Å². The minimum atomic E-state index is -1.27. The molecule has 1 aromatic heterocycles. The molecule has 0 radical (unpaired) electrons. The van der Waals surface area contributed by atoms with Gasteiger partial charge in [-0.15, -0.1) is 23.1 Å². The van der Waals surface area contributed by atoms with Crippen molar-refractivity contribution >= 4 is 46.9 Å². The van der Waals surface area contributed by atoms with E-state index in [1.165, 1.54) is 23.1 Å². The van der Waals surface area contributed by atoms with Gasteiger partial charge in [0.05, 0.1) is 9.78 Å². The molecule has 13 heteroatoms. The standard InChI is InChI=1S/C18H23N5O6S2/c19-18-22-14-13(16(27)23-18)31-9(7-20-14)2-1-8-3-5-11(30-8)15(26)21-10(17(28)29)4-6-12(24)25/h3,5,9-10,16,20,27H,1-2,4,6-7H2,(H,21,26)(H,24,25)(H,28,29)(H3,19,22,23)/t9-,10+,16?/m1/s1. The Morgan fingerprint density at radius 1 is 1.32 bits per heavy atom. The maximum Gasteiger partial charge on any atom is 0.326 e. The van der Waals surface area contributed by atoms with Crippen LogP contribution in [0.1, 0.15) is 33.8 Å². The zero-order valence-corrected chi connectivity index (χ0v) is 18.0. The number of thioether (sulfide) groups is 1. The van der Waals surface area contributed by atoms with Crippen LogP contribution in [0.15, 0.2) is 27.9 Å². The molecule has 1 aromatic rings. The Morgan fingerprint density at radius 2 is 2.10 bits per heavy atom. The van der Waals surface area contributed by atoms with Crippen LogP contribution < -0.4 is 21.7 Å². The number of amides is 1. The summed E-state index contributed by atoms with van der Waals surface area (Å²) in [5, 5.41) is 36.6. The summed E-state index contributed by atoms with van der Waals surface area (Å²) in [4.78, 5) is 40.2. The number of guanidine groups is 1. The number of rotatable bonds is 9. The predicted octanol–water partition coefficient (Wildman–Crippen LogP) is -0.161. The first-order valence-corrected chi connectivity index (χ1v) is 11.2. The third-order valence-electron chi connectivity index (χ3n) is 4.64. The minimum Gasteiger partial charge on any atom is -0.481 e. The van der Waals surface area contributed by atoms with Crippen LogP contribution in [0.2, 0.25) is 0 Å². The molecule has 0 saturated carbocycles. The largest absolute Gasteiger partial charge is 0.481 e. The molecule has 168 valence electrons. The summed E-state index contributed by atoms with van der Waals surface area (Å²) in [7, 11) is 0. The Hall–Kier alpha value is -2.77. The fraction of sp³-hybridized carbons (Fsp3) is 0.444. The second kappa shape index (κ2) is 10.0. The average Bonchev–Trinajstić information content (AvgIpc) is 3.18. The summed E-state index contributed by atoms with van der Waals surface area (Å²) in [6, 6.07) is 2.19. The number of carbonyl (C=O) groups excluding carboxylic acids is 1. The van der Waals surface area contributed by atoms with Crippen molar-refractivity contribution in [3.05, 3.63) is 32.6 Å². The number of aliphatic imine (C=N–C) groups is 1. The lowest BCUT2D eigenvalue weighted by molar-refractivity contribution is -0.140. The summed E-state index contributed by atoms with van der Waals surface area (Å²) in [6.45, 7) is 0.680. The number of carboxylic acid groups (broad SMARTS) is 2. The van der Waals surface area contributed by atoms with Crippen LogP contribution in [0.5, 0.6) is 0 Å². The van der Waals surface area contributed by atoms with Gasteiger partial charge in [-0.3, -0.25) is 9.59 Å². The number of nitrogens with zero attached hydrogens (tertiary/aromatic N) is 1. The Morgan fingerprint density at radius 3 is 2.81 bits per heavy atom. The number of aliphatic hydroxyl groups is 1. The Bertz CT molecular complexity index is 930. The van der Waals surface area contributed by atoms with Gasteiger partial charge in [0.1, 0.15) is 11.9 Å². The van der Waals surface area contributed by atoms with Crippen molar-refractivity contribution < 1.29 is 29.7 Å². The van der Waals surface area contributed by atoms with Crippen LogP contribution in [0.3, 0.4) is 0 Å². The molecular formula is C18H23N5O6S2. The number of hydrogen-bond acceptors (Lipinski definition) is 10. The molecule has 11 nitrogen and oxygen atoms in total. The second-order valence-electron chi connectivity index (χ2n) is 6.97. The summed E-state index contributed by atoms with van der Waals surface area (Å²) in [6.07, 6.45) is -0.0271. The van der Waals surface area contributed by atoms with Crippen molar-refractivity contribution in [3.8, 4) is 0 Å². The molecule has 3 heterocycles. The zero-order chi connectivity index (χ0) is 22.5. The highest BCUT2D eigenvalue weighted by molar-refractivity contribution is 8.03. The van der Waals surface area contributed by atoms with Crippen LogP contribution in [0.25, 0.3) is 0 Å². The fourth-order valence-corrected chi connectivity index (χ4v) is 5.19. The van der Waals surface area contributed by atoms with Crippen molar-refractivity contribution in [1.29, 1.82) is 0 Å². The van der Waals surface area contributed by atoms with Crippen molar-refractivity contribution in [3.63, 3.8) is 0 Å². The number of thiophene rings is 1. The predicted molar refractivity (Wildman–Crippen MR) is 116 cm³/mol. The lowest BCUT2D eigenvalue weighted by atomic mass is 10.1. The summed E-state index contributed by atoms with van der Waals surface area (Å²) in [5.74, 6) is -2.09. The van der Waals surface area contributed by atoms with Gasteiger partial charge in [0.25, 0.3) is 5.91 Å². The van der Waals surface area contributed by atoms with Crippen LogP contribution in [-0.4, -0.2) is 63.2 Å². The second-order valence-corrected chi connectivity index (χ2v) is 9.48. The van der Waals surface area contributed by atoms with Crippen molar-refractivity contribution in [2.24, 2.45) is 10.7 Å². The van der Waals surface area contributed by atoms with E-state index in [4.69, 9.17) is 10.8 Å². The number of carboxylic acids is 2. The van der Waals surface area contributed by atoms with Gasteiger partial charge in [0.2, 0.25) is 0 Å². The molecule has 1 unspecified atom stereocenters. The zero-order valence-electron chi connectivity index (χ0n) is 16.3. The van der Waals surface area contributed by atoms with E-state index < -0.39 is 30.1 Å². The normalized spacial score (nSPS) is 21.3. The molecule has 0 bridgehead atoms. The number of aliphatic carboxylic acids is 2. The Labute approximate surface area is 185 Å². The summed E-state index contributed by atoms with van der Waals surface area (Å²) < 4.78 is 0. The average molecular weight is 470 g/mol.